The maximum atomic E-state index is 14.4. The lowest BCUT2D eigenvalue weighted by Crippen LogP contribution is -2.13. The number of benzene rings is 2. The first-order chi connectivity index (χ1) is 17.6. The van der Waals surface area contributed by atoms with E-state index in [-0.39, 0.29) is 17.9 Å². The Labute approximate surface area is 219 Å². The fraction of sp³-hybridized carbons (Fsp3) is 0.379. The summed E-state index contributed by atoms with van der Waals surface area (Å²) in [7, 11) is -3.60. The van der Waals surface area contributed by atoms with Crippen LogP contribution in [0.15, 0.2) is 54.6 Å². The molecule has 1 atom stereocenters. The number of carbonyl (C=O) groups is 1. The number of halogens is 1. The number of nitrogens with zero attached hydrogens (tertiary/aromatic N) is 1. The molecule has 1 unspecified atom stereocenters. The molecule has 3 aromatic rings. The summed E-state index contributed by atoms with van der Waals surface area (Å²) in [5, 5.41) is 0. The van der Waals surface area contributed by atoms with Gasteiger partial charge in [0, 0.05) is 23.6 Å². The first-order valence-electron chi connectivity index (χ1n) is 12.5. The predicted octanol–water partition coefficient (Wildman–Crippen LogP) is 6.13. The lowest BCUT2D eigenvalue weighted by atomic mass is 9.93. The zero-order valence-corrected chi connectivity index (χ0v) is 22.7. The van der Waals surface area contributed by atoms with Crippen molar-refractivity contribution in [3.8, 4) is 5.88 Å². The number of ether oxygens (including phenoxy) is 1. The predicted molar refractivity (Wildman–Crippen MR) is 145 cm³/mol. The van der Waals surface area contributed by atoms with Crippen molar-refractivity contribution in [3.05, 3.63) is 88.4 Å². The summed E-state index contributed by atoms with van der Waals surface area (Å²) in [6, 6.07) is 16.3. The maximum Gasteiger partial charge on any atom is 0.229 e. The molecule has 0 aliphatic heterocycles. The van der Waals surface area contributed by atoms with Crippen LogP contribution in [0.25, 0.3) is 0 Å². The molecule has 0 aliphatic rings. The molecule has 8 heteroatoms. The molecule has 6 nitrogen and oxygen atoms in total. The Hall–Kier alpha value is -3.26. The van der Waals surface area contributed by atoms with Crippen LogP contribution >= 0.6 is 0 Å². The van der Waals surface area contributed by atoms with Crippen molar-refractivity contribution in [3.63, 3.8) is 0 Å². The molecular weight excluding hydrogens is 491 g/mol. The number of carbonyl (C=O) groups excluding carboxylic acids is 1. The molecule has 0 radical (unpaired) electrons. The van der Waals surface area contributed by atoms with E-state index in [0.29, 0.717) is 24.5 Å². The number of aryl methyl sites for hydroxylation is 3. The number of Topliss-reactive ketones (excluding diaryl/α,β-unsaturated/α-hetero) is 1. The normalized spacial score (nSPS) is 12.2. The van der Waals surface area contributed by atoms with Gasteiger partial charge >= 0.3 is 0 Å². The SMILES string of the molecule is CCCCc1ccc(COc2nc(C)ccc2CCC(=O)C(C)c2ccc(NS(C)(=O)=O)c(F)c2)cc1. The number of hydrogen-bond donors (Lipinski definition) is 1. The minimum absolute atomic E-state index is 0.0579. The third-order valence-electron chi connectivity index (χ3n) is 6.21. The number of rotatable bonds is 13. The minimum atomic E-state index is -3.60. The lowest BCUT2D eigenvalue weighted by molar-refractivity contribution is -0.120. The van der Waals surface area contributed by atoms with Gasteiger partial charge in [-0.15, -0.1) is 0 Å². The Bertz CT molecular complexity index is 1320. The van der Waals surface area contributed by atoms with Crippen molar-refractivity contribution in [2.24, 2.45) is 0 Å². The third kappa shape index (κ3) is 8.67. The van der Waals surface area contributed by atoms with Crippen molar-refractivity contribution < 1.29 is 22.3 Å². The second-order valence-corrected chi connectivity index (χ2v) is 11.2. The van der Waals surface area contributed by atoms with Gasteiger partial charge in [-0.05, 0) is 61.1 Å². The van der Waals surface area contributed by atoms with Crippen LogP contribution in [-0.4, -0.2) is 25.4 Å². The highest BCUT2D eigenvalue weighted by molar-refractivity contribution is 7.92. The van der Waals surface area contributed by atoms with Crippen LogP contribution in [0, 0.1) is 12.7 Å². The van der Waals surface area contributed by atoms with Crippen LogP contribution in [0.1, 0.15) is 67.0 Å². The molecule has 0 saturated carbocycles. The molecule has 0 spiro atoms. The molecule has 2 aromatic carbocycles. The molecule has 198 valence electrons. The maximum absolute atomic E-state index is 14.4. The molecular formula is C29H35FN2O4S. The van der Waals surface area contributed by atoms with Gasteiger partial charge in [0.25, 0.3) is 0 Å². The van der Waals surface area contributed by atoms with E-state index in [2.05, 4.69) is 40.9 Å². The number of aromatic nitrogens is 1. The summed E-state index contributed by atoms with van der Waals surface area (Å²) in [5.41, 5.74) is 4.37. The molecule has 0 aliphatic carbocycles. The average Bonchev–Trinajstić information content (AvgIpc) is 2.86. The summed E-state index contributed by atoms with van der Waals surface area (Å²) in [5.74, 6) is -0.814. The van der Waals surface area contributed by atoms with Crippen LogP contribution in [0.2, 0.25) is 0 Å². The van der Waals surface area contributed by atoms with Gasteiger partial charge in [0.1, 0.15) is 18.2 Å². The molecule has 0 fully saturated rings. The van der Waals surface area contributed by atoms with Crippen LogP contribution < -0.4 is 9.46 Å². The van der Waals surface area contributed by atoms with Crippen molar-refractivity contribution in [2.45, 2.75) is 65.4 Å². The van der Waals surface area contributed by atoms with Gasteiger partial charge in [-0.3, -0.25) is 9.52 Å². The highest BCUT2D eigenvalue weighted by Crippen LogP contribution is 2.26. The van der Waals surface area contributed by atoms with Crippen molar-refractivity contribution >= 4 is 21.5 Å². The minimum Gasteiger partial charge on any atom is -0.473 e. The van der Waals surface area contributed by atoms with Gasteiger partial charge in [-0.25, -0.2) is 17.8 Å². The molecule has 0 saturated heterocycles. The lowest BCUT2D eigenvalue weighted by Gasteiger charge is -2.14. The first kappa shape index (κ1) is 28.3. The molecule has 37 heavy (non-hydrogen) atoms. The van der Waals surface area contributed by atoms with E-state index in [9.17, 15) is 17.6 Å². The van der Waals surface area contributed by atoms with Gasteiger partial charge in [-0.2, -0.15) is 0 Å². The summed E-state index contributed by atoms with van der Waals surface area (Å²) in [6.07, 6.45) is 5.04. The molecule has 3 rings (SSSR count). The Morgan fingerprint density at radius 2 is 1.76 bits per heavy atom. The van der Waals surface area contributed by atoms with Crippen LogP contribution in [0.5, 0.6) is 5.88 Å². The Kier molecular flexibility index (Phi) is 9.80. The largest absolute Gasteiger partial charge is 0.473 e. The molecule has 1 aromatic heterocycles. The number of sulfonamides is 1. The van der Waals surface area contributed by atoms with E-state index in [0.717, 1.165) is 29.5 Å². The van der Waals surface area contributed by atoms with Crippen molar-refractivity contribution in [2.75, 3.05) is 11.0 Å². The van der Waals surface area contributed by atoms with Gasteiger partial charge in [0.2, 0.25) is 15.9 Å². The second kappa shape index (κ2) is 12.8. The molecule has 0 amide bonds. The summed E-state index contributed by atoms with van der Waals surface area (Å²) in [4.78, 5) is 17.4. The zero-order chi connectivity index (χ0) is 27.0. The second-order valence-electron chi connectivity index (χ2n) is 9.43. The average molecular weight is 527 g/mol. The van der Waals surface area contributed by atoms with E-state index < -0.39 is 21.8 Å². The topological polar surface area (TPSA) is 85.4 Å². The summed E-state index contributed by atoms with van der Waals surface area (Å²) >= 11 is 0. The van der Waals surface area contributed by atoms with Crippen molar-refractivity contribution in [1.82, 2.24) is 4.98 Å². The van der Waals surface area contributed by atoms with E-state index in [1.54, 1.807) is 13.0 Å². The molecule has 0 bridgehead atoms. The third-order valence-corrected chi connectivity index (χ3v) is 6.80. The number of ketones is 1. The van der Waals surface area contributed by atoms with Gasteiger partial charge in [0.05, 0.1) is 11.9 Å². The summed E-state index contributed by atoms with van der Waals surface area (Å²) < 4.78 is 45.3. The van der Waals surface area contributed by atoms with Crippen LogP contribution in [0.3, 0.4) is 0 Å². The molecule has 1 N–H and O–H groups in total. The quantitative estimate of drug-likeness (QED) is 0.290. The van der Waals surface area contributed by atoms with E-state index in [1.165, 1.54) is 30.5 Å². The highest BCUT2D eigenvalue weighted by Gasteiger charge is 2.19. The van der Waals surface area contributed by atoms with Gasteiger partial charge in [-0.1, -0.05) is 56.7 Å². The van der Waals surface area contributed by atoms with E-state index >= 15 is 0 Å². The highest BCUT2D eigenvalue weighted by atomic mass is 32.2. The van der Waals surface area contributed by atoms with E-state index in [4.69, 9.17) is 4.74 Å². The number of pyridine rings is 1. The number of unbranched alkanes of at least 4 members (excludes halogenated alkanes) is 1. The van der Waals surface area contributed by atoms with Crippen molar-refractivity contribution in [1.29, 1.82) is 0 Å². The van der Waals surface area contributed by atoms with Crippen LogP contribution in [0.4, 0.5) is 10.1 Å². The van der Waals surface area contributed by atoms with Crippen LogP contribution in [-0.2, 0) is 34.3 Å². The fourth-order valence-electron chi connectivity index (χ4n) is 3.96. The zero-order valence-electron chi connectivity index (χ0n) is 21.9. The molecule has 1 heterocycles. The Balaban J connectivity index is 1.62. The summed E-state index contributed by atoms with van der Waals surface area (Å²) in [6.45, 7) is 6.18. The van der Waals surface area contributed by atoms with E-state index in [1.807, 2.05) is 19.1 Å². The Morgan fingerprint density at radius 3 is 2.41 bits per heavy atom. The number of anilines is 1. The van der Waals surface area contributed by atoms with Gasteiger partial charge < -0.3 is 4.74 Å². The number of hydrogen-bond acceptors (Lipinski definition) is 5. The number of nitrogens with one attached hydrogen (secondary N) is 1. The smallest absolute Gasteiger partial charge is 0.229 e. The monoisotopic (exact) mass is 526 g/mol. The fourth-order valence-corrected chi connectivity index (χ4v) is 4.52. The van der Waals surface area contributed by atoms with Gasteiger partial charge in [0.15, 0.2) is 0 Å². The standard InChI is InChI=1S/C29H35FN2O4S/c1-5-6-7-22-9-11-23(12-10-22)19-36-29-24(13-8-20(2)31-29)15-17-28(33)21(3)25-14-16-27(26(30)18-25)32-37(4,34)35/h8-14,16,18,21,32H,5-7,15,17,19H2,1-4H3. The first-order valence-corrected chi connectivity index (χ1v) is 14.4. The Morgan fingerprint density at radius 1 is 1.05 bits per heavy atom.